The molecule has 0 radical (unpaired) electrons. The van der Waals surface area contributed by atoms with Crippen molar-refractivity contribution in [1.29, 1.82) is 0 Å². The molecule has 0 unspecified atom stereocenters. The number of imide groups is 1. The topological polar surface area (TPSA) is 69.7 Å². The van der Waals surface area contributed by atoms with Gasteiger partial charge in [-0.3, -0.25) is 14.5 Å². The minimum absolute atomic E-state index is 0.0675. The van der Waals surface area contributed by atoms with Gasteiger partial charge in [-0.1, -0.05) is 18.2 Å². The summed E-state index contributed by atoms with van der Waals surface area (Å²) in [6.45, 7) is 3.77. The monoisotopic (exact) mass is 361 g/mol. The number of nitrogens with one attached hydrogen (secondary N) is 1. The van der Waals surface area contributed by atoms with Gasteiger partial charge in [-0.2, -0.15) is 0 Å². The second-order valence-corrected chi connectivity index (χ2v) is 7.46. The molecule has 1 saturated carbocycles. The van der Waals surface area contributed by atoms with Crippen LogP contribution in [0.15, 0.2) is 24.3 Å². The SMILES string of the molecule is CC1(C)NC(=O)N(CCCC(=O)N(Cc2ccccc2F)C2CC2)C1=O. The van der Waals surface area contributed by atoms with Crippen LogP contribution in [0.1, 0.15) is 45.1 Å². The quantitative estimate of drug-likeness (QED) is 0.759. The van der Waals surface area contributed by atoms with Crippen molar-refractivity contribution in [1.82, 2.24) is 15.1 Å². The van der Waals surface area contributed by atoms with Crippen molar-refractivity contribution in [2.75, 3.05) is 6.54 Å². The third-order valence-electron chi connectivity index (χ3n) is 4.82. The summed E-state index contributed by atoms with van der Waals surface area (Å²) in [5.41, 5.74) is -0.394. The molecule has 2 aliphatic rings. The Hall–Kier alpha value is -2.44. The highest BCUT2D eigenvalue weighted by atomic mass is 19.1. The summed E-state index contributed by atoms with van der Waals surface area (Å²) in [7, 11) is 0. The predicted octanol–water partition coefficient (Wildman–Crippen LogP) is 2.43. The highest BCUT2D eigenvalue weighted by molar-refractivity contribution is 6.06. The number of rotatable bonds is 7. The average Bonchev–Trinajstić information content (AvgIpc) is 3.38. The van der Waals surface area contributed by atoms with Crippen molar-refractivity contribution in [3.05, 3.63) is 35.6 Å². The van der Waals surface area contributed by atoms with Crippen LogP contribution in [0.3, 0.4) is 0 Å². The van der Waals surface area contributed by atoms with Crippen LogP contribution in [0.2, 0.25) is 0 Å². The van der Waals surface area contributed by atoms with Gasteiger partial charge in [0.25, 0.3) is 5.91 Å². The molecule has 4 amide bonds. The van der Waals surface area contributed by atoms with Gasteiger partial charge >= 0.3 is 6.03 Å². The maximum absolute atomic E-state index is 13.9. The molecule has 1 aliphatic heterocycles. The zero-order chi connectivity index (χ0) is 18.9. The van der Waals surface area contributed by atoms with E-state index in [1.807, 2.05) is 0 Å². The van der Waals surface area contributed by atoms with E-state index in [0.717, 1.165) is 17.7 Å². The van der Waals surface area contributed by atoms with E-state index in [4.69, 9.17) is 0 Å². The van der Waals surface area contributed by atoms with Gasteiger partial charge in [0.2, 0.25) is 5.91 Å². The fraction of sp³-hybridized carbons (Fsp3) is 0.526. The van der Waals surface area contributed by atoms with E-state index in [1.165, 1.54) is 6.07 Å². The summed E-state index contributed by atoms with van der Waals surface area (Å²) in [6.07, 6.45) is 2.49. The molecule has 1 aromatic rings. The van der Waals surface area contributed by atoms with Gasteiger partial charge in [-0.15, -0.1) is 0 Å². The van der Waals surface area contributed by atoms with Gasteiger partial charge in [0.1, 0.15) is 11.4 Å². The minimum atomic E-state index is -0.897. The summed E-state index contributed by atoms with van der Waals surface area (Å²) < 4.78 is 13.9. The number of hydrogen-bond acceptors (Lipinski definition) is 3. The molecule has 6 nitrogen and oxygen atoms in total. The Morgan fingerprint density at radius 1 is 1.31 bits per heavy atom. The highest BCUT2D eigenvalue weighted by Crippen LogP contribution is 2.29. The van der Waals surface area contributed by atoms with E-state index in [9.17, 15) is 18.8 Å². The lowest BCUT2D eigenvalue weighted by atomic mass is 10.1. The summed E-state index contributed by atoms with van der Waals surface area (Å²) in [5, 5.41) is 2.62. The van der Waals surface area contributed by atoms with Crippen LogP contribution < -0.4 is 5.32 Å². The third-order valence-corrected chi connectivity index (χ3v) is 4.82. The Balaban J connectivity index is 1.55. The summed E-state index contributed by atoms with van der Waals surface area (Å²) in [5.74, 6) is -0.657. The van der Waals surface area contributed by atoms with Gasteiger partial charge in [0.15, 0.2) is 0 Å². The lowest BCUT2D eigenvalue weighted by Gasteiger charge is -2.23. The number of carbonyl (C=O) groups is 3. The molecule has 1 heterocycles. The van der Waals surface area contributed by atoms with Crippen molar-refractivity contribution in [3.63, 3.8) is 0 Å². The first-order chi connectivity index (χ1) is 12.3. The van der Waals surface area contributed by atoms with Gasteiger partial charge in [-0.05, 0) is 39.2 Å². The van der Waals surface area contributed by atoms with Gasteiger partial charge in [0.05, 0.1) is 0 Å². The molecule has 0 spiro atoms. The maximum Gasteiger partial charge on any atom is 0.325 e. The molecule has 1 saturated heterocycles. The first-order valence-electron chi connectivity index (χ1n) is 8.96. The van der Waals surface area contributed by atoms with Crippen LogP contribution in [0, 0.1) is 5.82 Å². The molecule has 140 valence electrons. The fourth-order valence-corrected chi connectivity index (χ4v) is 3.17. The molecule has 1 aliphatic carbocycles. The summed E-state index contributed by atoms with van der Waals surface area (Å²) in [6, 6.07) is 6.21. The number of nitrogens with zero attached hydrogens (tertiary/aromatic N) is 2. The molecule has 1 N–H and O–H groups in total. The van der Waals surface area contributed by atoms with E-state index in [0.29, 0.717) is 12.0 Å². The van der Waals surface area contributed by atoms with Crippen molar-refractivity contribution in [3.8, 4) is 0 Å². The van der Waals surface area contributed by atoms with Crippen molar-refractivity contribution < 1.29 is 18.8 Å². The first kappa shape index (κ1) is 18.4. The molecule has 0 aromatic heterocycles. The summed E-state index contributed by atoms with van der Waals surface area (Å²) in [4.78, 5) is 39.5. The number of urea groups is 1. The highest BCUT2D eigenvalue weighted by Gasteiger charge is 2.43. The van der Waals surface area contributed by atoms with Crippen LogP contribution in [-0.2, 0) is 16.1 Å². The zero-order valence-electron chi connectivity index (χ0n) is 15.1. The predicted molar refractivity (Wildman–Crippen MR) is 93.5 cm³/mol. The van der Waals surface area contributed by atoms with E-state index < -0.39 is 11.6 Å². The lowest BCUT2D eigenvalue weighted by Crippen LogP contribution is -2.40. The third kappa shape index (κ3) is 3.86. The zero-order valence-corrected chi connectivity index (χ0v) is 15.1. The normalized spacial score (nSPS) is 18.8. The van der Waals surface area contributed by atoms with Crippen LogP contribution in [0.5, 0.6) is 0 Å². The number of amides is 4. The Labute approximate surface area is 152 Å². The van der Waals surface area contributed by atoms with Crippen LogP contribution in [-0.4, -0.2) is 45.8 Å². The molecule has 0 atom stereocenters. The van der Waals surface area contributed by atoms with Crippen LogP contribution in [0.4, 0.5) is 9.18 Å². The second-order valence-electron chi connectivity index (χ2n) is 7.46. The molecule has 1 aromatic carbocycles. The van der Waals surface area contributed by atoms with E-state index in [1.54, 1.807) is 36.9 Å². The second kappa shape index (κ2) is 7.05. The fourth-order valence-electron chi connectivity index (χ4n) is 3.17. The number of carbonyl (C=O) groups excluding carboxylic acids is 3. The largest absolute Gasteiger partial charge is 0.335 e. The van der Waals surface area contributed by atoms with E-state index in [2.05, 4.69) is 5.32 Å². The number of hydrogen-bond donors (Lipinski definition) is 1. The van der Waals surface area contributed by atoms with Crippen molar-refractivity contribution in [2.24, 2.45) is 0 Å². The van der Waals surface area contributed by atoms with E-state index in [-0.39, 0.29) is 43.2 Å². The Morgan fingerprint density at radius 3 is 2.58 bits per heavy atom. The lowest BCUT2D eigenvalue weighted by molar-refractivity contribution is -0.134. The Morgan fingerprint density at radius 2 is 2.00 bits per heavy atom. The molecular formula is C19H24FN3O3. The minimum Gasteiger partial charge on any atom is -0.335 e. The smallest absolute Gasteiger partial charge is 0.325 e. The van der Waals surface area contributed by atoms with Gasteiger partial charge in [0, 0.05) is 31.1 Å². The van der Waals surface area contributed by atoms with Crippen LogP contribution in [0.25, 0.3) is 0 Å². The van der Waals surface area contributed by atoms with E-state index >= 15 is 0 Å². The number of benzene rings is 1. The Kier molecular flexibility index (Phi) is 4.98. The van der Waals surface area contributed by atoms with Gasteiger partial charge < -0.3 is 10.2 Å². The van der Waals surface area contributed by atoms with Crippen LogP contribution >= 0.6 is 0 Å². The van der Waals surface area contributed by atoms with Crippen molar-refractivity contribution in [2.45, 2.75) is 57.7 Å². The van der Waals surface area contributed by atoms with Gasteiger partial charge in [-0.25, -0.2) is 9.18 Å². The maximum atomic E-state index is 13.9. The van der Waals surface area contributed by atoms with Crippen molar-refractivity contribution >= 4 is 17.8 Å². The molecule has 7 heteroatoms. The standard InChI is InChI=1S/C19H24FN3O3/c1-19(2)17(25)22(18(26)21-19)11-5-8-16(24)23(14-9-10-14)12-13-6-3-4-7-15(13)20/h3-4,6-7,14H,5,8-12H2,1-2H3,(H,21,26). The number of halogens is 1. The molecule has 26 heavy (non-hydrogen) atoms. The summed E-state index contributed by atoms with van der Waals surface area (Å²) >= 11 is 0. The Bertz CT molecular complexity index is 730. The average molecular weight is 361 g/mol. The molecule has 2 fully saturated rings. The molecule has 0 bridgehead atoms. The molecule has 3 rings (SSSR count). The first-order valence-corrected chi connectivity index (χ1v) is 8.96. The molecular weight excluding hydrogens is 337 g/mol.